The third kappa shape index (κ3) is 6.93. The maximum Gasteiger partial charge on any atom is 0.266 e. The van der Waals surface area contributed by atoms with Crippen LogP contribution in [-0.4, -0.2) is 12.5 Å². The number of hydrogen-bond donors (Lipinski definition) is 1. The van der Waals surface area contributed by atoms with Gasteiger partial charge in [0.25, 0.3) is 5.91 Å². The summed E-state index contributed by atoms with van der Waals surface area (Å²) in [5, 5.41) is 13.8. The number of nitrogens with zero attached hydrogens (tertiary/aromatic N) is 1. The van der Waals surface area contributed by atoms with Crippen molar-refractivity contribution in [1.29, 1.82) is 5.26 Å². The predicted octanol–water partition coefficient (Wildman–Crippen LogP) is 8.24. The quantitative estimate of drug-likeness (QED) is 0.211. The molecular weight excluding hydrogens is 575 g/mol. The Hall–Kier alpha value is -2.69. The van der Waals surface area contributed by atoms with E-state index in [-0.39, 0.29) is 12.2 Å². The number of anilines is 1. The second-order valence-electron chi connectivity index (χ2n) is 7.34. The number of nitrogens with one attached hydrogen (secondary N) is 1. The molecule has 180 valence electrons. The maximum absolute atomic E-state index is 12.8. The van der Waals surface area contributed by atoms with Crippen LogP contribution in [0.25, 0.3) is 6.08 Å². The third-order valence-electron chi connectivity index (χ3n) is 4.89. The highest BCUT2D eigenvalue weighted by Gasteiger charge is 2.16. The molecule has 0 bridgehead atoms. The number of ether oxygens (including phenoxy) is 2. The molecule has 0 radical (unpaired) electrons. The molecule has 0 atom stereocenters. The summed E-state index contributed by atoms with van der Waals surface area (Å²) in [6, 6.07) is 15.8. The van der Waals surface area contributed by atoms with Crippen LogP contribution in [0, 0.1) is 18.3 Å². The Morgan fingerprint density at radius 1 is 1.09 bits per heavy atom. The van der Waals surface area contributed by atoms with E-state index in [1.165, 1.54) is 6.08 Å². The Morgan fingerprint density at radius 3 is 2.54 bits per heavy atom. The standard InChI is InChI=1S/C26H20BrCl3N2O3/c1-3-34-24-12-17(9-18(13-31)26(33)32-23-6-4-5-20(28)15(23)2)10-19(27)25(24)35-14-16-7-8-21(29)22(30)11-16/h4-12H,3,14H2,1-2H3,(H,32,33)/b18-9+. The Labute approximate surface area is 227 Å². The summed E-state index contributed by atoms with van der Waals surface area (Å²) in [7, 11) is 0. The number of carbonyl (C=O) groups excluding carboxylic acids is 1. The molecule has 9 heteroatoms. The summed E-state index contributed by atoms with van der Waals surface area (Å²) in [5.74, 6) is 0.385. The fourth-order valence-corrected chi connectivity index (χ4v) is 4.18. The molecule has 0 heterocycles. The third-order valence-corrected chi connectivity index (χ3v) is 6.63. The van der Waals surface area contributed by atoms with E-state index in [0.29, 0.717) is 54.5 Å². The zero-order valence-corrected chi connectivity index (χ0v) is 22.6. The summed E-state index contributed by atoms with van der Waals surface area (Å²) in [6.07, 6.45) is 1.48. The van der Waals surface area contributed by atoms with Gasteiger partial charge in [0.1, 0.15) is 18.2 Å². The first-order valence-corrected chi connectivity index (χ1v) is 12.4. The van der Waals surface area contributed by atoms with Gasteiger partial charge >= 0.3 is 0 Å². The highest BCUT2D eigenvalue weighted by atomic mass is 79.9. The largest absolute Gasteiger partial charge is 0.490 e. The van der Waals surface area contributed by atoms with Crippen LogP contribution in [0.3, 0.4) is 0 Å². The van der Waals surface area contributed by atoms with Crippen molar-refractivity contribution >= 4 is 68.4 Å². The van der Waals surface area contributed by atoms with E-state index >= 15 is 0 Å². The molecule has 5 nitrogen and oxygen atoms in total. The van der Waals surface area contributed by atoms with E-state index in [9.17, 15) is 10.1 Å². The smallest absolute Gasteiger partial charge is 0.266 e. The first kappa shape index (κ1) is 26.9. The minimum absolute atomic E-state index is 0.0804. The lowest BCUT2D eigenvalue weighted by Gasteiger charge is -2.15. The Bertz CT molecular complexity index is 1340. The van der Waals surface area contributed by atoms with E-state index in [1.54, 1.807) is 49.4 Å². The first-order valence-electron chi connectivity index (χ1n) is 10.4. The zero-order valence-electron chi connectivity index (χ0n) is 18.8. The molecule has 1 N–H and O–H groups in total. The Morgan fingerprint density at radius 2 is 1.86 bits per heavy atom. The molecule has 0 aliphatic heterocycles. The highest BCUT2D eigenvalue weighted by molar-refractivity contribution is 9.10. The average molecular weight is 595 g/mol. The maximum atomic E-state index is 12.8. The SMILES string of the molecule is CCOc1cc(/C=C(\C#N)C(=O)Nc2cccc(Cl)c2C)cc(Br)c1OCc1ccc(Cl)c(Cl)c1. The lowest BCUT2D eigenvalue weighted by Crippen LogP contribution is -2.14. The van der Waals surface area contributed by atoms with Crippen molar-refractivity contribution in [2.24, 2.45) is 0 Å². The summed E-state index contributed by atoms with van der Waals surface area (Å²) >= 11 is 21.7. The molecule has 0 aliphatic carbocycles. The normalized spacial score (nSPS) is 11.1. The van der Waals surface area contributed by atoms with E-state index in [4.69, 9.17) is 44.3 Å². The van der Waals surface area contributed by atoms with Gasteiger partial charge in [-0.25, -0.2) is 0 Å². The van der Waals surface area contributed by atoms with Gasteiger partial charge in [0, 0.05) is 10.7 Å². The molecule has 0 spiro atoms. The van der Waals surface area contributed by atoms with Gasteiger partial charge in [-0.3, -0.25) is 4.79 Å². The molecule has 0 saturated carbocycles. The van der Waals surface area contributed by atoms with Crippen LogP contribution in [0.5, 0.6) is 11.5 Å². The van der Waals surface area contributed by atoms with Gasteiger partial charge in [0.05, 0.1) is 21.1 Å². The van der Waals surface area contributed by atoms with Crippen LogP contribution < -0.4 is 14.8 Å². The molecule has 0 aromatic heterocycles. The molecule has 3 aromatic rings. The zero-order chi connectivity index (χ0) is 25.5. The predicted molar refractivity (Wildman–Crippen MR) is 145 cm³/mol. The molecule has 3 rings (SSSR count). The average Bonchev–Trinajstić information content (AvgIpc) is 2.82. The van der Waals surface area contributed by atoms with E-state index in [1.807, 2.05) is 19.1 Å². The van der Waals surface area contributed by atoms with Crippen LogP contribution in [0.4, 0.5) is 5.69 Å². The summed E-state index contributed by atoms with van der Waals surface area (Å²) in [4.78, 5) is 12.8. The summed E-state index contributed by atoms with van der Waals surface area (Å²) < 4.78 is 12.3. The number of amides is 1. The van der Waals surface area contributed by atoms with Crippen molar-refractivity contribution in [2.45, 2.75) is 20.5 Å². The Balaban J connectivity index is 1.86. The Kier molecular flexibility index (Phi) is 9.47. The lowest BCUT2D eigenvalue weighted by atomic mass is 10.1. The first-order chi connectivity index (χ1) is 16.7. The fraction of sp³-hybridized carbons (Fsp3) is 0.154. The molecule has 35 heavy (non-hydrogen) atoms. The second kappa shape index (κ2) is 12.3. The van der Waals surface area contributed by atoms with Crippen molar-refractivity contribution in [3.05, 3.63) is 90.3 Å². The van der Waals surface area contributed by atoms with Crippen LogP contribution in [-0.2, 0) is 11.4 Å². The van der Waals surface area contributed by atoms with Crippen LogP contribution in [0.1, 0.15) is 23.6 Å². The van der Waals surface area contributed by atoms with Gasteiger partial charge in [-0.05, 0) is 88.9 Å². The van der Waals surface area contributed by atoms with Crippen molar-refractivity contribution in [3.8, 4) is 17.6 Å². The fourth-order valence-electron chi connectivity index (χ4n) is 3.11. The van der Waals surface area contributed by atoms with Gasteiger partial charge in [-0.1, -0.05) is 46.9 Å². The van der Waals surface area contributed by atoms with Gasteiger partial charge in [-0.15, -0.1) is 0 Å². The highest BCUT2D eigenvalue weighted by Crippen LogP contribution is 2.38. The molecule has 3 aromatic carbocycles. The van der Waals surface area contributed by atoms with Gasteiger partial charge in [0.2, 0.25) is 0 Å². The molecule has 1 amide bonds. The van der Waals surface area contributed by atoms with Gasteiger partial charge in [0.15, 0.2) is 11.5 Å². The number of nitriles is 1. The minimum atomic E-state index is -0.549. The van der Waals surface area contributed by atoms with Crippen molar-refractivity contribution in [3.63, 3.8) is 0 Å². The van der Waals surface area contributed by atoms with Crippen molar-refractivity contribution in [2.75, 3.05) is 11.9 Å². The molecule has 0 unspecified atom stereocenters. The monoisotopic (exact) mass is 592 g/mol. The van der Waals surface area contributed by atoms with E-state index < -0.39 is 5.91 Å². The molecular formula is C26H20BrCl3N2O3. The van der Waals surface area contributed by atoms with Gasteiger partial charge in [-0.2, -0.15) is 5.26 Å². The number of hydrogen-bond acceptors (Lipinski definition) is 4. The van der Waals surface area contributed by atoms with Crippen molar-refractivity contribution in [1.82, 2.24) is 0 Å². The van der Waals surface area contributed by atoms with Crippen LogP contribution >= 0.6 is 50.7 Å². The second-order valence-corrected chi connectivity index (χ2v) is 9.41. The molecule has 0 aliphatic rings. The number of rotatable bonds is 8. The minimum Gasteiger partial charge on any atom is -0.490 e. The molecule has 0 saturated heterocycles. The van der Waals surface area contributed by atoms with Gasteiger partial charge < -0.3 is 14.8 Å². The summed E-state index contributed by atoms with van der Waals surface area (Å²) in [5.41, 5.74) is 2.58. The lowest BCUT2D eigenvalue weighted by molar-refractivity contribution is -0.112. The van der Waals surface area contributed by atoms with E-state index in [2.05, 4.69) is 21.2 Å². The topological polar surface area (TPSA) is 71.3 Å². The molecule has 0 fully saturated rings. The number of halogens is 4. The summed E-state index contributed by atoms with van der Waals surface area (Å²) in [6.45, 7) is 4.26. The van der Waals surface area contributed by atoms with Crippen LogP contribution in [0.15, 0.2) is 58.6 Å². The van der Waals surface area contributed by atoms with E-state index in [0.717, 1.165) is 5.56 Å². The van der Waals surface area contributed by atoms with Crippen LogP contribution in [0.2, 0.25) is 15.1 Å². The number of benzene rings is 3. The number of carbonyl (C=O) groups is 1. The van der Waals surface area contributed by atoms with Crippen molar-refractivity contribution < 1.29 is 14.3 Å².